The molecule has 3 nitrogen and oxygen atoms in total. The van der Waals surface area contributed by atoms with Crippen molar-refractivity contribution in [1.29, 1.82) is 0 Å². The van der Waals surface area contributed by atoms with Gasteiger partial charge in [-0.2, -0.15) is 0 Å². The van der Waals surface area contributed by atoms with Gasteiger partial charge in [0.2, 0.25) is 0 Å². The predicted molar refractivity (Wildman–Crippen MR) is 61.5 cm³/mol. The van der Waals surface area contributed by atoms with E-state index in [1.54, 1.807) is 0 Å². The Kier molecular flexibility index (Phi) is 5.39. The Morgan fingerprint density at radius 2 is 2.00 bits per heavy atom. The second kappa shape index (κ2) is 6.83. The van der Waals surface area contributed by atoms with E-state index in [0.717, 1.165) is 25.0 Å². The fourth-order valence-electron chi connectivity index (χ4n) is 1.27. The van der Waals surface area contributed by atoms with Crippen molar-refractivity contribution >= 4 is 6.03 Å². The molecule has 1 aromatic carbocycles. The molecule has 17 heavy (non-hydrogen) atoms. The van der Waals surface area contributed by atoms with E-state index >= 15 is 0 Å². The Morgan fingerprint density at radius 3 is 2.65 bits per heavy atom. The Hall–Kier alpha value is -1.65. The van der Waals surface area contributed by atoms with Crippen LogP contribution >= 0.6 is 0 Å². The predicted octanol–water partition coefficient (Wildman–Crippen LogP) is 2.56. The average Bonchev–Trinajstić information content (AvgIpc) is 2.31. The molecule has 0 aliphatic heterocycles. The van der Waals surface area contributed by atoms with Crippen LogP contribution in [0.15, 0.2) is 18.2 Å². The molecule has 2 N–H and O–H groups in total. The van der Waals surface area contributed by atoms with E-state index < -0.39 is 11.6 Å². The third-order valence-electron chi connectivity index (χ3n) is 2.25. The number of nitrogens with one attached hydrogen (secondary N) is 2. The minimum atomic E-state index is -0.907. The first-order chi connectivity index (χ1) is 8.13. The number of amides is 2. The smallest absolute Gasteiger partial charge is 0.315 e. The number of unbranched alkanes of at least 4 members (excludes halogenated alkanes) is 1. The van der Waals surface area contributed by atoms with Gasteiger partial charge < -0.3 is 10.6 Å². The van der Waals surface area contributed by atoms with Crippen molar-refractivity contribution < 1.29 is 13.6 Å². The van der Waals surface area contributed by atoms with Crippen LogP contribution in [0.2, 0.25) is 0 Å². The van der Waals surface area contributed by atoms with Crippen LogP contribution in [-0.2, 0) is 6.54 Å². The van der Waals surface area contributed by atoms with Gasteiger partial charge in [0.15, 0.2) is 11.6 Å². The zero-order valence-electron chi connectivity index (χ0n) is 9.72. The monoisotopic (exact) mass is 242 g/mol. The third kappa shape index (κ3) is 4.80. The molecule has 0 saturated heterocycles. The molecule has 0 heterocycles. The van der Waals surface area contributed by atoms with Crippen molar-refractivity contribution in [2.24, 2.45) is 0 Å². The minimum absolute atomic E-state index is 0.176. The lowest BCUT2D eigenvalue weighted by Gasteiger charge is -2.07. The van der Waals surface area contributed by atoms with Crippen molar-refractivity contribution in [3.8, 4) is 0 Å². The highest BCUT2D eigenvalue weighted by Gasteiger charge is 2.03. The Labute approximate surface area is 99.2 Å². The zero-order valence-corrected chi connectivity index (χ0v) is 9.72. The highest BCUT2D eigenvalue weighted by molar-refractivity contribution is 5.73. The van der Waals surface area contributed by atoms with Crippen molar-refractivity contribution in [1.82, 2.24) is 10.6 Å². The Bertz CT molecular complexity index is 383. The third-order valence-corrected chi connectivity index (χ3v) is 2.25. The number of hydrogen-bond acceptors (Lipinski definition) is 1. The van der Waals surface area contributed by atoms with Crippen molar-refractivity contribution in [3.05, 3.63) is 35.4 Å². The van der Waals surface area contributed by atoms with Crippen molar-refractivity contribution in [3.63, 3.8) is 0 Å². The van der Waals surface area contributed by atoms with Crippen LogP contribution in [-0.4, -0.2) is 12.6 Å². The highest BCUT2D eigenvalue weighted by atomic mass is 19.2. The van der Waals surface area contributed by atoms with E-state index in [-0.39, 0.29) is 12.6 Å². The summed E-state index contributed by atoms with van der Waals surface area (Å²) in [6.07, 6.45) is 1.92. The van der Waals surface area contributed by atoms with Crippen LogP contribution in [0, 0.1) is 11.6 Å². The molecule has 1 rings (SSSR count). The molecule has 0 saturated carbocycles. The molecule has 2 amide bonds. The number of carbonyl (C=O) groups is 1. The molecule has 0 atom stereocenters. The van der Waals surface area contributed by atoms with Crippen molar-refractivity contribution in [2.75, 3.05) is 6.54 Å². The molecule has 0 aromatic heterocycles. The van der Waals surface area contributed by atoms with Gasteiger partial charge in [0, 0.05) is 13.1 Å². The molecule has 0 unspecified atom stereocenters. The molecule has 0 radical (unpaired) electrons. The summed E-state index contributed by atoms with van der Waals surface area (Å²) in [5.41, 5.74) is 0.523. The van der Waals surface area contributed by atoms with E-state index in [2.05, 4.69) is 10.6 Å². The standard InChI is InChI=1S/C12H16F2N2O/c1-2-3-6-15-12(17)16-8-9-4-5-10(13)11(14)7-9/h4-5,7H,2-3,6,8H2,1H3,(H2,15,16,17). The second-order valence-corrected chi connectivity index (χ2v) is 3.71. The van der Waals surface area contributed by atoms with Gasteiger partial charge in [-0.3, -0.25) is 0 Å². The molecule has 0 spiro atoms. The normalized spacial score (nSPS) is 10.1. The first-order valence-corrected chi connectivity index (χ1v) is 5.59. The molecule has 0 bridgehead atoms. The topological polar surface area (TPSA) is 41.1 Å². The van der Waals surface area contributed by atoms with Gasteiger partial charge in [-0.25, -0.2) is 13.6 Å². The van der Waals surface area contributed by atoms with Crippen LogP contribution in [0.25, 0.3) is 0 Å². The minimum Gasteiger partial charge on any atom is -0.338 e. The molecule has 0 fully saturated rings. The van der Waals surface area contributed by atoms with Gasteiger partial charge in [0.1, 0.15) is 0 Å². The Morgan fingerprint density at radius 1 is 1.24 bits per heavy atom. The highest BCUT2D eigenvalue weighted by Crippen LogP contribution is 2.08. The summed E-state index contributed by atoms with van der Waals surface area (Å²) in [5.74, 6) is -1.79. The molecule has 94 valence electrons. The molecular weight excluding hydrogens is 226 g/mol. The summed E-state index contributed by atoms with van der Waals surface area (Å²) in [6, 6.07) is 3.25. The summed E-state index contributed by atoms with van der Waals surface area (Å²) >= 11 is 0. The van der Waals surface area contributed by atoms with E-state index in [4.69, 9.17) is 0 Å². The van der Waals surface area contributed by atoms with Gasteiger partial charge in [0.05, 0.1) is 0 Å². The van der Waals surface area contributed by atoms with Crippen LogP contribution in [0.1, 0.15) is 25.3 Å². The van der Waals surface area contributed by atoms with Gasteiger partial charge >= 0.3 is 6.03 Å². The van der Waals surface area contributed by atoms with Crippen LogP contribution in [0.4, 0.5) is 13.6 Å². The number of benzene rings is 1. The second-order valence-electron chi connectivity index (χ2n) is 3.71. The zero-order chi connectivity index (χ0) is 12.7. The lowest BCUT2D eigenvalue weighted by Crippen LogP contribution is -2.35. The Balaban J connectivity index is 2.34. The molecule has 0 aliphatic rings. The average molecular weight is 242 g/mol. The fourth-order valence-corrected chi connectivity index (χ4v) is 1.27. The number of hydrogen-bond donors (Lipinski definition) is 2. The summed E-state index contributed by atoms with van der Waals surface area (Å²) in [4.78, 5) is 11.3. The SMILES string of the molecule is CCCCNC(=O)NCc1ccc(F)c(F)c1. The maximum Gasteiger partial charge on any atom is 0.315 e. The van der Waals surface area contributed by atoms with Crippen molar-refractivity contribution in [2.45, 2.75) is 26.3 Å². The number of carbonyl (C=O) groups excluding carboxylic acids is 1. The van der Waals surface area contributed by atoms with E-state index in [1.807, 2.05) is 6.92 Å². The first-order valence-electron chi connectivity index (χ1n) is 5.59. The molecule has 5 heteroatoms. The first kappa shape index (κ1) is 13.4. The van der Waals surface area contributed by atoms with Gasteiger partial charge in [-0.15, -0.1) is 0 Å². The molecular formula is C12H16F2N2O. The van der Waals surface area contributed by atoms with Crippen LogP contribution in [0.5, 0.6) is 0 Å². The summed E-state index contributed by atoms with van der Waals surface area (Å²) in [7, 11) is 0. The summed E-state index contributed by atoms with van der Waals surface area (Å²) in [5, 5.41) is 5.23. The van der Waals surface area contributed by atoms with E-state index in [9.17, 15) is 13.6 Å². The van der Waals surface area contributed by atoms with Gasteiger partial charge in [0.25, 0.3) is 0 Å². The quantitative estimate of drug-likeness (QED) is 0.765. The van der Waals surface area contributed by atoms with Crippen LogP contribution < -0.4 is 10.6 Å². The number of urea groups is 1. The molecule has 0 aliphatic carbocycles. The summed E-state index contributed by atoms with van der Waals surface area (Å²) < 4.78 is 25.5. The maximum absolute atomic E-state index is 12.8. The number of halogens is 2. The lowest BCUT2D eigenvalue weighted by atomic mass is 10.2. The fraction of sp³-hybridized carbons (Fsp3) is 0.417. The number of rotatable bonds is 5. The summed E-state index contributed by atoms with van der Waals surface area (Å²) in [6.45, 7) is 2.82. The van der Waals surface area contributed by atoms with Gasteiger partial charge in [-0.05, 0) is 24.1 Å². The maximum atomic E-state index is 12.8. The molecule has 1 aromatic rings. The lowest BCUT2D eigenvalue weighted by molar-refractivity contribution is 0.240. The van der Waals surface area contributed by atoms with E-state index in [0.29, 0.717) is 12.1 Å². The largest absolute Gasteiger partial charge is 0.338 e. The van der Waals surface area contributed by atoms with Crippen LogP contribution in [0.3, 0.4) is 0 Å². The van der Waals surface area contributed by atoms with Gasteiger partial charge in [-0.1, -0.05) is 19.4 Å². The van der Waals surface area contributed by atoms with E-state index in [1.165, 1.54) is 6.07 Å².